The first-order valence-corrected chi connectivity index (χ1v) is 8.81. The summed E-state index contributed by atoms with van der Waals surface area (Å²) in [5.74, 6) is 0.769. The number of ether oxygens (including phenoxy) is 1. The Bertz CT molecular complexity index is 1060. The Balaban J connectivity index is 1.66. The molecule has 0 atom stereocenters. The summed E-state index contributed by atoms with van der Waals surface area (Å²) < 4.78 is 7.70. The number of benzene rings is 1. The van der Waals surface area contributed by atoms with Gasteiger partial charge >= 0.3 is 0 Å². The molecule has 126 valence electrons. The Labute approximate surface area is 145 Å². The predicted octanol–water partition coefficient (Wildman–Crippen LogP) is 4.70. The second kappa shape index (κ2) is 5.62. The Morgan fingerprint density at radius 1 is 1.16 bits per heavy atom. The van der Waals surface area contributed by atoms with Crippen molar-refractivity contribution >= 4 is 22.1 Å². The summed E-state index contributed by atoms with van der Waals surface area (Å²) in [6.45, 7) is 0. The molecule has 25 heavy (non-hydrogen) atoms. The van der Waals surface area contributed by atoms with Crippen LogP contribution in [0.25, 0.3) is 33.2 Å². The molecule has 1 aliphatic carbocycles. The van der Waals surface area contributed by atoms with Crippen molar-refractivity contribution in [1.82, 2.24) is 19.5 Å². The maximum absolute atomic E-state index is 5.34. The first-order valence-electron chi connectivity index (χ1n) is 8.81. The maximum atomic E-state index is 5.34. The zero-order valence-corrected chi connectivity index (χ0v) is 14.2. The standard InChI is InChI=1S/C20H20N4O/c1-25-15-9-16-17(11-22-20(16)21-10-15)13-6-7-18-19(8-13)24(12-23-18)14-4-2-3-5-14/h6-12,14H,2-5H2,1H3,(H,21,22). The predicted molar refractivity (Wildman–Crippen MR) is 98.9 cm³/mol. The number of pyridine rings is 1. The first-order chi connectivity index (χ1) is 12.3. The van der Waals surface area contributed by atoms with Crippen molar-refractivity contribution in [2.24, 2.45) is 0 Å². The Kier molecular flexibility index (Phi) is 3.26. The molecule has 3 heterocycles. The van der Waals surface area contributed by atoms with E-state index >= 15 is 0 Å². The molecule has 0 amide bonds. The fraction of sp³-hybridized carbons (Fsp3) is 0.300. The molecule has 1 fully saturated rings. The van der Waals surface area contributed by atoms with E-state index in [2.05, 4.69) is 37.7 Å². The van der Waals surface area contributed by atoms with Gasteiger partial charge in [0.15, 0.2) is 0 Å². The van der Waals surface area contributed by atoms with Crippen molar-refractivity contribution in [2.75, 3.05) is 7.11 Å². The van der Waals surface area contributed by atoms with E-state index in [1.54, 1.807) is 13.3 Å². The molecule has 5 nitrogen and oxygen atoms in total. The lowest BCUT2D eigenvalue weighted by Gasteiger charge is -2.12. The second-order valence-electron chi connectivity index (χ2n) is 6.77. The minimum absolute atomic E-state index is 0.588. The van der Waals surface area contributed by atoms with Gasteiger partial charge in [0.05, 0.1) is 30.7 Å². The molecule has 3 aromatic heterocycles. The van der Waals surface area contributed by atoms with Gasteiger partial charge in [-0.1, -0.05) is 18.9 Å². The SMILES string of the molecule is COc1cnc2[nH]cc(-c3ccc4ncn(C5CCCC5)c4c3)c2c1. The quantitative estimate of drug-likeness (QED) is 0.591. The van der Waals surface area contributed by atoms with Crippen LogP contribution in [-0.4, -0.2) is 26.6 Å². The second-order valence-corrected chi connectivity index (χ2v) is 6.77. The summed E-state index contributed by atoms with van der Waals surface area (Å²) in [6.07, 6.45) is 10.9. The number of nitrogens with zero attached hydrogens (tertiary/aromatic N) is 3. The highest BCUT2D eigenvalue weighted by molar-refractivity contribution is 5.96. The molecule has 0 radical (unpaired) electrons. The van der Waals surface area contributed by atoms with Gasteiger partial charge < -0.3 is 14.3 Å². The van der Waals surface area contributed by atoms with Gasteiger partial charge in [0.1, 0.15) is 11.4 Å². The summed E-state index contributed by atoms with van der Waals surface area (Å²) in [5.41, 5.74) is 5.47. The highest BCUT2D eigenvalue weighted by atomic mass is 16.5. The minimum atomic E-state index is 0.588. The number of fused-ring (bicyclic) bond motifs is 2. The number of rotatable bonds is 3. The molecule has 0 unspecified atom stereocenters. The number of methoxy groups -OCH3 is 1. The summed E-state index contributed by atoms with van der Waals surface area (Å²) in [7, 11) is 1.67. The molecular weight excluding hydrogens is 312 g/mol. The van der Waals surface area contributed by atoms with E-state index in [9.17, 15) is 0 Å². The lowest BCUT2D eigenvalue weighted by Crippen LogP contribution is -2.02. The van der Waals surface area contributed by atoms with Crippen molar-refractivity contribution in [3.8, 4) is 16.9 Å². The number of imidazole rings is 1. The van der Waals surface area contributed by atoms with Crippen molar-refractivity contribution in [3.05, 3.63) is 43.0 Å². The molecule has 1 aliphatic rings. The maximum Gasteiger partial charge on any atom is 0.138 e. The molecular formula is C20H20N4O. The summed E-state index contributed by atoms with van der Waals surface area (Å²) in [4.78, 5) is 12.3. The van der Waals surface area contributed by atoms with E-state index < -0.39 is 0 Å². The van der Waals surface area contributed by atoms with E-state index in [-0.39, 0.29) is 0 Å². The van der Waals surface area contributed by atoms with Crippen molar-refractivity contribution < 1.29 is 4.74 Å². The topological polar surface area (TPSA) is 55.7 Å². The number of aromatic amines is 1. The third-order valence-corrected chi connectivity index (χ3v) is 5.35. The monoisotopic (exact) mass is 332 g/mol. The van der Waals surface area contributed by atoms with Crippen LogP contribution < -0.4 is 4.74 Å². The van der Waals surface area contributed by atoms with Gasteiger partial charge in [-0.2, -0.15) is 0 Å². The average Bonchev–Trinajstić information content (AvgIpc) is 3.38. The van der Waals surface area contributed by atoms with Gasteiger partial charge in [-0.15, -0.1) is 0 Å². The van der Waals surface area contributed by atoms with Crippen molar-refractivity contribution in [2.45, 2.75) is 31.7 Å². The van der Waals surface area contributed by atoms with Gasteiger partial charge in [-0.3, -0.25) is 0 Å². The minimum Gasteiger partial charge on any atom is -0.495 e. The zero-order chi connectivity index (χ0) is 16.8. The average molecular weight is 332 g/mol. The summed E-state index contributed by atoms with van der Waals surface area (Å²) in [6, 6.07) is 9.12. The molecule has 1 saturated carbocycles. The number of hydrogen-bond donors (Lipinski definition) is 1. The third-order valence-electron chi connectivity index (χ3n) is 5.35. The Hall–Kier alpha value is -2.82. The summed E-state index contributed by atoms with van der Waals surface area (Å²) >= 11 is 0. The van der Waals surface area contributed by atoms with Gasteiger partial charge in [0, 0.05) is 23.2 Å². The van der Waals surface area contributed by atoms with Gasteiger partial charge in [0.2, 0.25) is 0 Å². The van der Waals surface area contributed by atoms with Crippen LogP contribution in [0.2, 0.25) is 0 Å². The third kappa shape index (κ3) is 2.30. The van der Waals surface area contributed by atoms with E-state index in [4.69, 9.17) is 4.74 Å². The Morgan fingerprint density at radius 3 is 2.88 bits per heavy atom. The molecule has 0 aliphatic heterocycles. The zero-order valence-electron chi connectivity index (χ0n) is 14.2. The smallest absolute Gasteiger partial charge is 0.138 e. The van der Waals surface area contributed by atoms with Crippen LogP contribution in [0, 0.1) is 0 Å². The van der Waals surface area contributed by atoms with Gasteiger partial charge in [-0.25, -0.2) is 9.97 Å². The van der Waals surface area contributed by atoms with E-state index in [1.807, 2.05) is 18.6 Å². The largest absolute Gasteiger partial charge is 0.495 e. The number of hydrogen-bond acceptors (Lipinski definition) is 3. The highest BCUT2D eigenvalue weighted by Crippen LogP contribution is 2.35. The molecule has 5 heteroatoms. The molecule has 0 saturated heterocycles. The molecule has 4 aromatic rings. The van der Waals surface area contributed by atoms with E-state index in [1.165, 1.54) is 36.8 Å². The van der Waals surface area contributed by atoms with Crippen LogP contribution in [-0.2, 0) is 0 Å². The fourth-order valence-electron chi connectivity index (χ4n) is 4.00. The molecule has 5 rings (SSSR count). The Morgan fingerprint density at radius 2 is 2.04 bits per heavy atom. The molecule has 0 spiro atoms. The normalized spacial score (nSPS) is 15.4. The molecule has 1 N–H and O–H groups in total. The number of aromatic nitrogens is 4. The number of H-pyrrole nitrogens is 1. The van der Waals surface area contributed by atoms with Crippen LogP contribution in [0.1, 0.15) is 31.7 Å². The van der Waals surface area contributed by atoms with Crippen molar-refractivity contribution in [3.63, 3.8) is 0 Å². The molecule has 0 bridgehead atoms. The van der Waals surface area contributed by atoms with Crippen LogP contribution in [0.3, 0.4) is 0 Å². The summed E-state index contributed by atoms with van der Waals surface area (Å²) in [5, 5.41) is 1.07. The van der Waals surface area contributed by atoms with Crippen molar-refractivity contribution in [1.29, 1.82) is 0 Å². The fourth-order valence-corrected chi connectivity index (χ4v) is 4.00. The van der Waals surface area contributed by atoms with Crippen LogP contribution in [0.5, 0.6) is 5.75 Å². The number of nitrogens with one attached hydrogen (secondary N) is 1. The van der Waals surface area contributed by atoms with Crippen LogP contribution >= 0.6 is 0 Å². The van der Waals surface area contributed by atoms with Gasteiger partial charge in [0.25, 0.3) is 0 Å². The first kappa shape index (κ1) is 14.5. The highest BCUT2D eigenvalue weighted by Gasteiger charge is 2.19. The van der Waals surface area contributed by atoms with E-state index in [0.717, 1.165) is 27.9 Å². The van der Waals surface area contributed by atoms with Gasteiger partial charge in [-0.05, 0) is 36.6 Å². The lowest BCUT2D eigenvalue weighted by molar-refractivity contribution is 0.414. The van der Waals surface area contributed by atoms with Crippen LogP contribution in [0.4, 0.5) is 0 Å². The lowest BCUT2D eigenvalue weighted by atomic mass is 10.0. The molecule has 1 aromatic carbocycles. The van der Waals surface area contributed by atoms with Crippen LogP contribution in [0.15, 0.2) is 43.0 Å². The van der Waals surface area contributed by atoms with E-state index in [0.29, 0.717) is 6.04 Å².